The lowest BCUT2D eigenvalue weighted by Crippen LogP contribution is -2.54. The summed E-state index contributed by atoms with van der Waals surface area (Å²) in [6.07, 6.45) is 0. The van der Waals surface area contributed by atoms with E-state index in [2.05, 4.69) is 41.2 Å². The van der Waals surface area contributed by atoms with Gasteiger partial charge in [-0.15, -0.1) is 0 Å². The molecule has 0 rings (SSSR count). The first-order valence-corrected chi connectivity index (χ1v) is 7.57. The van der Waals surface area contributed by atoms with E-state index in [1.807, 2.05) is 0 Å². The van der Waals surface area contributed by atoms with Crippen LogP contribution in [0.3, 0.4) is 0 Å². The Morgan fingerprint density at radius 3 is 2.14 bits per heavy atom. The number of aliphatic carboxylic acids is 1. The van der Waals surface area contributed by atoms with Crippen molar-refractivity contribution < 1.29 is 24.3 Å². The smallest absolute Gasteiger partial charge is 0.325 e. The van der Waals surface area contributed by atoms with Gasteiger partial charge in [0, 0.05) is 11.5 Å². The Morgan fingerprint density at radius 1 is 1.09 bits per heavy atom. The molecule has 0 saturated carbocycles. The van der Waals surface area contributed by atoms with Gasteiger partial charge < -0.3 is 26.8 Å². The number of carbonyl (C=O) groups excluding carboxylic acids is 3. The van der Waals surface area contributed by atoms with Crippen molar-refractivity contribution in [2.75, 3.05) is 18.1 Å². The maximum Gasteiger partial charge on any atom is 0.325 e. The fourth-order valence-electron chi connectivity index (χ4n) is 1.20. The van der Waals surface area contributed by atoms with Gasteiger partial charge in [0.15, 0.2) is 0 Å². The van der Waals surface area contributed by atoms with E-state index in [0.717, 1.165) is 0 Å². The van der Waals surface area contributed by atoms with Crippen LogP contribution in [0.15, 0.2) is 0 Å². The normalized spacial score (nSPS) is 14.4. The lowest BCUT2D eigenvalue weighted by atomic mass is 10.2. The van der Waals surface area contributed by atoms with Gasteiger partial charge in [-0.1, -0.05) is 0 Å². The summed E-state index contributed by atoms with van der Waals surface area (Å²) < 4.78 is 0. The first kappa shape index (κ1) is 20.5. The molecule has 3 atom stereocenters. The molecule has 0 aliphatic rings. The Balaban J connectivity index is 4.37. The standard InChI is InChI=1S/C11H20N4O5S2/c1-5(11(19)20)14-10(18)7(4-22)15-8(16)2-13-9(17)6(12)3-21/h5-7,21-22H,2-4,12H2,1H3,(H,13,17)(H,14,18)(H,15,16)(H,19,20). The minimum Gasteiger partial charge on any atom is -0.480 e. The number of amides is 3. The van der Waals surface area contributed by atoms with E-state index in [-0.39, 0.29) is 18.1 Å². The van der Waals surface area contributed by atoms with Crippen molar-refractivity contribution in [3.8, 4) is 0 Å². The molecule has 9 nitrogen and oxygen atoms in total. The molecule has 0 bridgehead atoms. The first-order valence-electron chi connectivity index (χ1n) is 6.30. The fourth-order valence-corrected chi connectivity index (χ4v) is 1.62. The molecule has 0 aromatic carbocycles. The third kappa shape index (κ3) is 7.52. The Kier molecular flexibility index (Phi) is 9.61. The second-order valence-corrected chi connectivity index (χ2v) is 5.11. The molecule has 0 aliphatic heterocycles. The van der Waals surface area contributed by atoms with Gasteiger partial charge in [0.2, 0.25) is 17.7 Å². The summed E-state index contributed by atoms with van der Waals surface area (Å²) in [6, 6.07) is -2.95. The highest BCUT2D eigenvalue weighted by molar-refractivity contribution is 7.80. The highest BCUT2D eigenvalue weighted by Gasteiger charge is 2.23. The van der Waals surface area contributed by atoms with E-state index < -0.39 is 41.8 Å². The van der Waals surface area contributed by atoms with Crippen molar-refractivity contribution in [2.45, 2.75) is 25.0 Å². The first-order chi connectivity index (χ1) is 10.2. The van der Waals surface area contributed by atoms with Crippen LogP contribution >= 0.6 is 25.3 Å². The van der Waals surface area contributed by atoms with Gasteiger partial charge in [-0.05, 0) is 6.92 Å². The number of carboxylic acid groups (broad SMARTS) is 1. The Hall–Kier alpha value is -1.46. The average Bonchev–Trinajstić information content (AvgIpc) is 2.48. The number of rotatable bonds is 9. The molecule has 0 saturated heterocycles. The summed E-state index contributed by atoms with van der Waals surface area (Å²) >= 11 is 7.77. The molecule has 0 spiro atoms. The highest BCUT2D eigenvalue weighted by Crippen LogP contribution is 1.92. The van der Waals surface area contributed by atoms with Crippen molar-refractivity contribution in [2.24, 2.45) is 5.73 Å². The number of thiol groups is 2. The SMILES string of the molecule is CC(NC(=O)C(CS)NC(=O)CNC(=O)C(N)CS)C(=O)O. The van der Waals surface area contributed by atoms with E-state index in [0.29, 0.717) is 0 Å². The number of nitrogens with one attached hydrogen (secondary N) is 3. The minimum absolute atomic E-state index is 0.0337. The van der Waals surface area contributed by atoms with Gasteiger partial charge in [-0.2, -0.15) is 25.3 Å². The molecule has 0 radical (unpaired) electrons. The van der Waals surface area contributed by atoms with Gasteiger partial charge in [-0.3, -0.25) is 19.2 Å². The molecular formula is C11H20N4O5S2. The van der Waals surface area contributed by atoms with E-state index in [1.165, 1.54) is 6.92 Å². The molecule has 0 aromatic rings. The molecular weight excluding hydrogens is 332 g/mol. The largest absolute Gasteiger partial charge is 0.480 e. The molecule has 126 valence electrons. The molecule has 0 heterocycles. The van der Waals surface area contributed by atoms with E-state index in [9.17, 15) is 19.2 Å². The minimum atomic E-state index is -1.20. The van der Waals surface area contributed by atoms with Crippen LogP contribution in [0.25, 0.3) is 0 Å². The van der Waals surface area contributed by atoms with Crippen molar-refractivity contribution in [3.05, 3.63) is 0 Å². The number of carbonyl (C=O) groups is 4. The summed E-state index contributed by atoms with van der Waals surface area (Å²) in [7, 11) is 0. The predicted molar refractivity (Wildman–Crippen MR) is 85.9 cm³/mol. The zero-order valence-electron chi connectivity index (χ0n) is 11.9. The van der Waals surface area contributed by atoms with Gasteiger partial charge in [0.25, 0.3) is 0 Å². The Bertz CT molecular complexity index is 435. The summed E-state index contributed by atoms with van der Waals surface area (Å²) in [4.78, 5) is 45.4. The van der Waals surface area contributed by atoms with E-state index >= 15 is 0 Å². The van der Waals surface area contributed by atoms with Crippen LogP contribution in [-0.2, 0) is 19.2 Å². The van der Waals surface area contributed by atoms with Crippen molar-refractivity contribution >= 4 is 48.9 Å². The van der Waals surface area contributed by atoms with Crippen molar-refractivity contribution in [1.29, 1.82) is 0 Å². The topological polar surface area (TPSA) is 151 Å². The van der Waals surface area contributed by atoms with Gasteiger partial charge in [0.1, 0.15) is 12.1 Å². The molecule has 11 heteroatoms. The zero-order valence-corrected chi connectivity index (χ0v) is 13.7. The summed E-state index contributed by atoms with van der Waals surface area (Å²) in [5.74, 6) is -2.97. The van der Waals surface area contributed by atoms with E-state index in [4.69, 9.17) is 10.8 Å². The Labute approximate surface area is 138 Å². The maximum absolute atomic E-state index is 11.8. The molecule has 0 aliphatic carbocycles. The van der Waals surface area contributed by atoms with Crippen molar-refractivity contribution in [3.63, 3.8) is 0 Å². The quantitative estimate of drug-likeness (QED) is 0.225. The average molecular weight is 352 g/mol. The van der Waals surface area contributed by atoms with Crippen LogP contribution in [0, 0.1) is 0 Å². The third-order valence-electron chi connectivity index (χ3n) is 2.52. The van der Waals surface area contributed by atoms with Crippen LogP contribution in [0.2, 0.25) is 0 Å². The molecule has 3 unspecified atom stereocenters. The lowest BCUT2D eigenvalue weighted by Gasteiger charge is -2.18. The summed E-state index contributed by atoms with van der Waals surface area (Å²) in [5.41, 5.74) is 5.41. The van der Waals surface area contributed by atoms with Crippen LogP contribution in [0.1, 0.15) is 6.92 Å². The third-order valence-corrected chi connectivity index (χ3v) is 3.28. The maximum atomic E-state index is 11.8. The second kappa shape index (κ2) is 10.3. The van der Waals surface area contributed by atoms with Gasteiger partial charge in [-0.25, -0.2) is 0 Å². The zero-order chi connectivity index (χ0) is 17.3. The van der Waals surface area contributed by atoms with Crippen LogP contribution in [0.5, 0.6) is 0 Å². The van der Waals surface area contributed by atoms with Crippen molar-refractivity contribution in [1.82, 2.24) is 16.0 Å². The molecule has 3 amide bonds. The van der Waals surface area contributed by atoms with Crippen LogP contribution < -0.4 is 21.7 Å². The number of carboxylic acids is 1. The number of nitrogens with two attached hydrogens (primary N) is 1. The lowest BCUT2D eigenvalue weighted by molar-refractivity contribution is -0.141. The van der Waals surface area contributed by atoms with Crippen LogP contribution in [0.4, 0.5) is 0 Å². The van der Waals surface area contributed by atoms with Gasteiger partial charge >= 0.3 is 5.97 Å². The summed E-state index contributed by atoms with van der Waals surface area (Å²) in [5, 5.41) is 15.5. The molecule has 6 N–H and O–H groups in total. The highest BCUT2D eigenvalue weighted by atomic mass is 32.1. The fraction of sp³-hybridized carbons (Fsp3) is 0.636. The number of hydrogen-bond acceptors (Lipinski definition) is 7. The molecule has 0 aromatic heterocycles. The summed E-state index contributed by atoms with van der Waals surface area (Å²) in [6.45, 7) is 0.920. The monoisotopic (exact) mass is 352 g/mol. The Morgan fingerprint density at radius 2 is 1.68 bits per heavy atom. The van der Waals surface area contributed by atoms with E-state index in [1.54, 1.807) is 0 Å². The molecule has 0 fully saturated rings. The van der Waals surface area contributed by atoms with Crippen LogP contribution in [-0.4, -0.2) is 65.0 Å². The van der Waals surface area contributed by atoms with Gasteiger partial charge in [0.05, 0.1) is 12.6 Å². The molecule has 22 heavy (non-hydrogen) atoms. The number of hydrogen-bond donors (Lipinski definition) is 7. The second-order valence-electron chi connectivity index (χ2n) is 4.38. The predicted octanol–water partition coefficient (Wildman–Crippen LogP) is -2.64.